The average Bonchev–Trinajstić information content (AvgIpc) is 3.21. The Kier molecular flexibility index (Phi) is 3.95. The van der Waals surface area contributed by atoms with Gasteiger partial charge in [0.05, 0.1) is 24.1 Å². The summed E-state index contributed by atoms with van der Waals surface area (Å²) < 4.78 is 3.50. The number of aromatic nitrogens is 5. The lowest BCUT2D eigenvalue weighted by molar-refractivity contribution is 0.109. The summed E-state index contributed by atoms with van der Waals surface area (Å²) in [6, 6.07) is 2.79. The lowest BCUT2D eigenvalue weighted by Crippen LogP contribution is -2.39. The summed E-state index contributed by atoms with van der Waals surface area (Å²) >= 11 is 0. The fourth-order valence-electron chi connectivity index (χ4n) is 3.83. The highest BCUT2D eigenvalue weighted by molar-refractivity contribution is 5.77. The van der Waals surface area contributed by atoms with Crippen molar-refractivity contribution in [2.75, 3.05) is 12.3 Å². The molecule has 1 fully saturated rings. The van der Waals surface area contributed by atoms with Crippen LogP contribution in [0.25, 0.3) is 16.8 Å². The van der Waals surface area contributed by atoms with E-state index in [0.717, 1.165) is 35.4 Å². The van der Waals surface area contributed by atoms with E-state index in [4.69, 9.17) is 10.7 Å². The Balaban J connectivity index is 1.82. The smallest absolute Gasteiger partial charge is 0.165 e. The van der Waals surface area contributed by atoms with Gasteiger partial charge < -0.3 is 5.73 Å². The molecule has 7 heteroatoms. The number of aryl methyl sites for hydroxylation is 1. The van der Waals surface area contributed by atoms with Crippen LogP contribution < -0.4 is 5.73 Å². The molecular weight excluding hydrogens is 314 g/mol. The molecule has 1 aliphatic heterocycles. The zero-order valence-corrected chi connectivity index (χ0v) is 15.1. The number of likely N-dealkylation sites (tertiary alicyclic amines) is 1. The first-order valence-electron chi connectivity index (χ1n) is 8.93. The molecule has 4 rings (SSSR count). The summed E-state index contributed by atoms with van der Waals surface area (Å²) in [5.41, 5.74) is 10.1. The number of nitrogen functional groups attached to an aromatic ring is 1. The zero-order valence-electron chi connectivity index (χ0n) is 15.1. The molecule has 25 heavy (non-hydrogen) atoms. The second kappa shape index (κ2) is 6.15. The molecule has 0 saturated carbocycles. The second-order valence-corrected chi connectivity index (χ2v) is 7.15. The van der Waals surface area contributed by atoms with Gasteiger partial charge in [-0.1, -0.05) is 6.42 Å². The van der Waals surface area contributed by atoms with Gasteiger partial charge in [0.2, 0.25) is 0 Å². The van der Waals surface area contributed by atoms with E-state index in [0.29, 0.717) is 17.9 Å². The molecule has 3 aromatic rings. The number of piperidine rings is 1. The molecule has 132 valence electrons. The maximum Gasteiger partial charge on any atom is 0.165 e. The summed E-state index contributed by atoms with van der Waals surface area (Å²) in [4.78, 5) is 7.51. The van der Waals surface area contributed by atoms with E-state index >= 15 is 0 Å². The Morgan fingerprint density at radius 3 is 2.76 bits per heavy atom. The van der Waals surface area contributed by atoms with Crippen LogP contribution in [0.1, 0.15) is 44.8 Å². The van der Waals surface area contributed by atoms with Crippen molar-refractivity contribution < 1.29 is 0 Å². The molecule has 1 aliphatic rings. The summed E-state index contributed by atoms with van der Waals surface area (Å²) in [5, 5.41) is 8.68. The summed E-state index contributed by atoms with van der Waals surface area (Å²) in [6.45, 7) is 5.62. The van der Waals surface area contributed by atoms with Crippen LogP contribution in [0.15, 0.2) is 24.7 Å². The highest BCUT2D eigenvalue weighted by Crippen LogP contribution is 2.33. The summed E-state index contributed by atoms with van der Waals surface area (Å²) in [6.07, 6.45) is 9.23. The summed E-state index contributed by atoms with van der Waals surface area (Å²) in [7, 11) is 1.91. The van der Waals surface area contributed by atoms with E-state index < -0.39 is 0 Å². The molecule has 0 radical (unpaired) electrons. The topological polar surface area (TPSA) is 77.3 Å². The highest BCUT2D eigenvalue weighted by Gasteiger charge is 2.28. The largest absolute Gasteiger partial charge is 0.384 e. The normalized spacial score (nSPS) is 19.1. The summed E-state index contributed by atoms with van der Waals surface area (Å²) in [5.74, 6) is 0.629. The molecule has 4 heterocycles. The molecule has 1 atom stereocenters. The van der Waals surface area contributed by atoms with Gasteiger partial charge in [-0.25, -0.2) is 4.98 Å². The minimum absolute atomic E-state index is 0.317. The van der Waals surface area contributed by atoms with Crippen LogP contribution in [-0.4, -0.2) is 41.9 Å². The Bertz CT molecular complexity index is 892. The molecule has 0 aliphatic carbocycles. The number of hydrogen-bond acceptors (Lipinski definition) is 5. The number of nitrogens with zero attached hydrogens (tertiary/aromatic N) is 6. The molecule has 0 aromatic carbocycles. The third-order valence-corrected chi connectivity index (χ3v) is 5.08. The fraction of sp³-hybridized carbons (Fsp3) is 0.500. The first-order chi connectivity index (χ1) is 12.0. The van der Waals surface area contributed by atoms with Crippen molar-refractivity contribution in [3.63, 3.8) is 0 Å². The van der Waals surface area contributed by atoms with Crippen LogP contribution in [0.5, 0.6) is 0 Å². The van der Waals surface area contributed by atoms with Gasteiger partial charge in [0.25, 0.3) is 0 Å². The molecule has 0 amide bonds. The van der Waals surface area contributed by atoms with Crippen molar-refractivity contribution in [3.8, 4) is 11.1 Å². The lowest BCUT2D eigenvalue weighted by Gasteiger charge is -2.38. The van der Waals surface area contributed by atoms with Crippen LogP contribution in [0.3, 0.4) is 0 Å². The SMILES string of the molecule is CC(C)N1CCCCC1c1cc(N)n2ncc(-c3cnn(C)c3)c2n1. The van der Waals surface area contributed by atoms with E-state index in [1.54, 1.807) is 9.20 Å². The van der Waals surface area contributed by atoms with E-state index in [1.807, 2.05) is 31.7 Å². The molecule has 2 N–H and O–H groups in total. The van der Waals surface area contributed by atoms with Crippen molar-refractivity contribution in [2.24, 2.45) is 7.05 Å². The van der Waals surface area contributed by atoms with Gasteiger partial charge in [-0.3, -0.25) is 9.58 Å². The van der Waals surface area contributed by atoms with Crippen molar-refractivity contribution in [2.45, 2.75) is 45.2 Å². The molecular formula is C18H25N7. The molecule has 1 saturated heterocycles. The standard InChI is InChI=1S/C18H25N7/c1-12(2)24-7-5-4-6-16(24)15-8-17(19)25-18(22-15)14(10-21-25)13-9-20-23(3)11-13/h8-12,16H,4-7,19H2,1-3H3. The third kappa shape index (κ3) is 2.78. The van der Waals surface area contributed by atoms with E-state index in [1.165, 1.54) is 12.8 Å². The van der Waals surface area contributed by atoms with Crippen molar-refractivity contribution >= 4 is 11.5 Å². The second-order valence-electron chi connectivity index (χ2n) is 7.15. The van der Waals surface area contributed by atoms with Gasteiger partial charge >= 0.3 is 0 Å². The quantitative estimate of drug-likeness (QED) is 0.794. The zero-order chi connectivity index (χ0) is 17.6. The van der Waals surface area contributed by atoms with Gasteiger partial charge in [-0.15, -0.1) is 0 Å². The number of anilines is 1. The molecule has 1 unspecified atom stereocenters. The molecule has 3 aromatic heterocycles. The monoisotopic (exact) mass is 339 g/mol. The van der Waals surface area contributed by atoms with Gasteiger partial charge in [0.1, 0.15) is 5.82 Å². The van der Waals surface area contributed by atoms with Crippen molar-refractivity contribution in [3.05, 3.63) is 30.4 Å². The number of fused-ring (bicyclic) bond motifs is 1. The Morgan fingerprint density at radius 1 is 1.20 bits per heavy atom. The van der Waals surface area contributed by atoms with Crippen molar-refractivity contribution in [1.82, 2.24) is 29.3 Å². The molecule has 0 spiro atoms. The maximum atomic E-state index is 6.30. The number of hydrogen-bond donors (Lipinski definition) is 1. The third-order valence-electron chi connectivity index (χ3n) is 5.08. The van der Waals surface area contributed by atoms with Gasteiger partial charge in [-0.05, 0) is 33.2 Å². The Morgan fingerprint density at radius 2 is 2.04 bits per heavy atom. The van der Waals surface area contributed by atoms with Crippen LogP contribution in [-0.2, 0) is 7.05 Å². The van der Waals surface area contributed by atoms with Crippen LogP contribution in [0.2, 0.25) is 0 Å². The minimum Gasteiger partial charge on any atom is -0.384 e. The average molecular weight is 339 g/mol. The van der Waals surface area contributed by atoms with Crippen LogP contribution in [0.4, 0.5) is 5.82 Å². The Labute approximate surface area is 147 Å². The Hall–Kier alpha value is -2.41. The van der Waals surface area contributed by atoms with Gasteiger partial charge in [-0.2, -0.15) is 14.7 Å². The fourth-order valence-corrected chi connectivity index (χ4v) is 3.83. The first-order valence-corrected chi connectivity index (χ1v) is 8.93. The van der Waals surface area contributed by atoms with Crippen LogP contribution >= 0.6 is 0 Å². The van der Waals surface area contributed by atoms with E-state index in [2.05, 4.69) is 28.9 Å². The lowest BCUT2D eigenvalue weighted by atomic mass is 9.97. The predicted octanol–water partition coefficient (Wildman–Crippen LogP) is 2.65. The highest BCUT2D eigenvalue weighted by atomic mass is 15.3. The van der Waals surface area contributed by atoms with E-state index in [9.17, 15) is 0 Å². The first kappa shape index (κ1) is 16.1. The van der Waals surface area contributed by atoms with Crippen molar-refractivity contribution in [1.29, 1.82) is 0 Å². The van der Waals surface area contributed by atoms with Crippen LogP contribution in [0, 0.1) is 0 Å². The van der Waals surface area contributed by atoms with E-state index in [-0.39, 0.29) is 0 Å². The predicted molar refractivity (Wildman–Crippen MR) is 98.0 cm³/mol. The molecule has 0 bridgehead atoms. The molecule has 7 nitrogen and oxygen atoms in total. The maximum absolute atomic E-state index is 6.30. The van der Waals surface area contributed by atoms with Gasteiger partial charge in [0.15, 0.2) is 5.65 Å². The number of rotatable bonds is 3. The van der Waals surface area contributed by atoms with Gasteiger partial charge in [0, 0.05) is 36.5 Å². The minimum atomic E-state index is 0.317. The number of nitrogens with two attached hydrogens (primary N) is 1.